The molecule has 0 fully saturated rings. The fourth-order valence-electron chi connectivity index (χ4n) is 3.47. The third-order valence-electron chi connectivity index (χ3n) is 5.15. The summed E-state index contributed by atoms with van der Waals surface area (Å²) in [7, 11) is 1.30. The zero-order valence-electron chi connectivity index (χ0n) is 21.8. The van der Waals surface area contributed by atoms with Crippen molar-refractivity contribution >= 4 is 28.9 Å². The highest BCUT2D eigenvalue weighted by Crippen LogP contribution is 2.44. The number of benzene rings is 2. The van der Waals surface area contributed by atoms with Gasteiger partial charge in [-0.1, -0.05) is 20.8 Å². The Morgan fingerprint density at radius 3 is 1.87 bits per heavy atom. The van der Waals surface area contributed by atoms with Crippen LogP contribution < -0.4 is 29.1 Å². The van der Waals surface area contributed by atoms with Crippen molar-refractivity contribution in [2.45, 2.75) is 59.3 Å². The molecule has 38 heavy (non-hydrogen) atoms. The van der Waals surface area contributed by atoms with Gasteiger partial charge in [-0.2, -0.15) is 0 Å². The molecule has 3 aromatic rings. The molecular formula is C28H30O10. The first-order valence-corrected chi connectivity index (χ1v) is 12.4. The summed E-state index contributed by atoms with van der Waals surface area (Å²) >= 11 is 0. The monoisotopic (exact) mass is 526 g/mol. The van der Waals surface area contributed by atoms with Gasteiger partial charge in [-0.15, -0.1) is 0 Å². The minimum Gasteiger partial charge on any atom is -0.490 e. The average Bonchev–Trinajstić information content (AvgIpc) is 2.85. The zero-order chi connectivity index (χ0) is 27.7. The molecule has 0 spiro atoms. The molecule has 0 aliphatic rings. The minimum atomic E-state index is -0.594. The van der Waals surface area contributed by atoms with Gasteiger partial charge in [0.05, 0.1) is 13.2 Å². The molecule has 202 valence electrons. The van der Waals surface area contributed by atoms with E-state index in [2.05, 4.69) is 0 Å². The topological polar surface area (TPSA) is 128 Å². The quantitative estimate of drug-likeness (QED) is 0.214. The van der Waals surface area contributed by atoms with Crippen LogP contribution >= 0.6 is 0 Å². The molecule has 0 bridgehead atoms. The van der Waals surface area contributed by atoms with E-state index in [1.807, 2.05) is 13.8 Å². The van der Waals surface area contributed by atoms with E-state index in [1.54, 1.807) is 31.2 Å². The molecule has 0 saturated heterocycles. The Bertz CT molecular complexity index is 1350. The lowest BCUT2D eigenvalue weighted by Crippen LogP contribution is -2.13. The van der Waals surface area contributed by atoms with Crippen LogP contribution in [0.5, 0.6) is 34.7 Å². The van der Waals surface area contributed by atoms with Crippen LogP contribution in [0, 0.1) is 0 Å². The summed E-state index contributed by atoms with van der Waals surface area (Å²) in [5.41, 5.74) is -0.618. The molecule has 3 rings (SSSR count). The summed E-state index contributed by atoms with van der Waals surface area (Å²) in [6, 6.07) is 8.58. The number of carbonyl (C=O) groups is 3. The van der Waals surface area contributed by atoms with Crippen LogP contribution in [-0.4, -0.2) is 25.0 Å². The highest BCUT2D eigenvalue weighted by molar-refractivity contribution is 5.92. The fourth-order valence-corrected chi connectivity index (χ4v) is 3.47. The summed E-state index contributed by atoms with van der Waals surface area (Å²) in [5.74, 6) is -1.35. The number of rotatable bonds is 12. The lowest BCUT2D eigenvalue weighted by molar-refractivity contribution is -0.135. The maximum atomic E-state index is 13.1. The third kappa shape index (κ3) is 7.12. The smallest absolute Gasteiger partial charge is 0.311 e. The van der Waals surface area contributed by atoms with E-state index < -0.39 is 17.4 Å². The molecule has 10 nitrogen and oxygen atoms in total. The molecule has 0 radical (unpaired) electrons. The molecule has 0 aliphatic heterocycles. The number of ether oxygens (including phenoxy) is 5. The van der Waals surface area contributed by atoms with Crippen LogP contribution in [0.15, 0.2) is 45.6 Å². The second kappa shape index (κ2) is 13.3. The summed E-state index contributed by atoms with van der Waals surface area (Å²) < 4.78 is 33.0. The minimum absolute atomic E-state index is 0.0444. The van der Waals surface area contributed by atoms with Crippen LogP contribution in [0.4, 0.5) is 0 Å². The second-order valence-corrected chi connectivity index (χ2v) is 8.29. The van der Waals surface area contributed by atoms with E-state index in [1.165, 1.54) is 13.2 Å². The molecule has 2 aromatic carbocycles. The van der Waals surface area contributed by atoms with Gasteiger partial charge in [0, 0.05) is 25.3 Å². The van der Waals surface area contributed by atoms with Crippen LogP contribution in [0.1, 0.15) is 59.3 Å². The molecule has 1 aromatic heterocycles. The van der Waals surface area contributed by atoms with Crippen molar-refractivity contribution in [3.8, 4) is 34.7 Å². The van der Waals surface area contributed by atoms with Crippen molar-refractivity contribution < 1.29 is 42.5 Å². The Kier molecular flexibility index (Phi) is 9.86. The number of fused-ring (bicyclic) bond motifs is 1. The van der Waals surface area contributed by atoms with Gasteiger partial charge >= 0.3 is 17.9 Å². The van der Waals surface area contributed by atoms with Gasteiger partial charge in [-0.3, -0.25) is 19.2 Å². The molecule has 0 aliphatic carbocycles. The van der Waals surface area contributed by atoms with Crippen molar-refractivity contribution in [3.05, 3.63) is 46.6 Å². The molecule has 0 saturated carbocycles. The normalized spacial score (nSPS) is 10.6. The van der Waals surface area contributed by atoms with Gasteiger partial charge < -0.3 is 28.1 Å². The Morgan fingerprint density at radius 2 is 1.29 bits per heavy atom. The third-order valence-corrected chi connectivity index (χ3v) is 5.15. The van der Waals surface area contributed by atoms with Crippen molar-refractivity contribution in [1.82, 2.24) is 0 Å². The zero-order valence-corrected chi connectivity index (χ0v) is 21.8. The van der Waals surface area contributed by atoms with Crippen LogP contribution in [-0.2, 0) is 14.4 Å². The summed E-state index contributed by atoms with van der Waals surface area (Å²) in [6.07, 6.45) is 2.29. The first-order valence-electron chi connectivity index (χ1n) is 12.4. The predicted octanol–water partition coefficient (Wildman–Crippen LogP) is 5.71. The molecule has 0 amide bonds. The Hall–Kier alpha value is -4.34. The first-order chi connectivity index (χ1) is 18.3. The number of hydrogen-bond acceptors (Lipinski definition) is 10. The molecule has 1 heterocycles. The highest BCUT2D eigenvalue weighted by Gasteiger charge is 2.25. The lowest BCUT2D eigenvalue weighted by Gasteiger charge is -2.16. The van der Waals surface area contributed by atoms with Crippen molar-refractivity contribution in [1.29, 1.82) is 0 Å². The van der Waals surface area contributed by atoms with E-state index >= 15 is 0 Å². The number of methoxy groups -OCH3 is 1. The summed E-state index contributed by atoms with van der Waals surface area (Å²) in [6.45, 7) is 5.50. The van der Waals surface area contributed by atoms with Crippen molar-refractivity contribution in [3.63, 3.8) is 0 Å². The highest BCUT2D eigenvalue weighted by atomic mass is 16.6. The SMILES string of the molecule is CCCC(=O)Oc1ccc(Oc2cc(=O)c3c(OC(=O)CCC)c(OC)c(OC(=O)CCC)cc3o2)cc1. The molecule has 0 N–H and O–H groups in total. The molecule has 10 heteroatoms. The Morgan fingerprint density at radius 1 is 0.737 bits per heavy atom. The number of carbonyl (C=O) groups excluding carboxylic acids is 3. The van der Waals surface area contributed by atoms with E-state index in [-0.39, 0.29) is 53.0 Å². The first kappa shape index (κ1) is 28.2. The maximum Gasteiger partial charge on any atom is 0.311 e. The van der Waals surface area contributed by atoms with E-state index in [4.69, 9.17) is 28.1 Å². The largest absolute Gasteiger partial charge is 0.490 e. The second-order valence-electron chi connectivity index (χ2n) is 8.29. The van der Waals surface area contributed by atoms with Gasteiger partial charge in [0.2, 0.25) is 11.2 Å². The number of esters is 3. The van der Waals surface area contributed by atoms with E-state index in [0.29, 0.717) is 37.2 Å². The van der Waals surface area contributed by atoms with Crippen molar-refractivity contribution in [2.75, 3.05) is 7.11 Å². The summed E-state index contributed by atoms with van der Waals surface area (Å²) in [4.78, 5) is 49.4. The lowest BCUT2D eigenvalue weighted by atomic mass is 10.1. The number of hydrogen-bond donors (Lipinski definition) is 0. The fraction of sp³-hybridized carbons (Fsp3) is 0.357. The standard InChI is InChI=1S/C28H30O10/c1-5-8-22(30)34-17-11-13-18(14-12-17)35-25-15-19(29)26-20(37-25)16-21(36-23(31)9-6-2)27(33-4)28(26)38-24(32)10-7-3/h11-16H,5-10H2,1-4H3. The van der Waals surface area contributed by atoms with Crippen LogP contribution in [0.3, 0.4) is 0 Å². The van der Waals surface area contributed by atoms with Gasteiger partial charge in [0.1, 0.15) is 22.5 Å². The molecular weight excluding hydrogens is 496 g/mol. The van der Waals surface area contributed by atoms with Gasteiger partial charge in [0.25, 0.3) is 5.95 Å². The van der Waals surface area contributed by atoms with Crippen molar-refractivity contribution in [2.24, 2.45) is 0 Å². The Balaban J connectivity index is 2.02. The summed E-state index contributed by atoms with van der Waals surface area (Å²) in [5, 5.41) is -0.0767. The van der Waals surface area contributed by atoms with Crippen LogP contribution in [0.25, 0.3) is 11.0 Å². The average molecular weight is 527 g/mol. The molecule has 0 unspecified atom stereocenters. The predicted molar refractivity (Wildman–Crippen MR) is 137 cm³/mol. The Labute approximate surface area is 219 Å². The maximum absolute atomic E-state index is 13.1. The van der Waals surface area contributed by atoms with Gasteiger partial charge in [-0.05, 0) is 43.5 Å². The van der Waals surface area contributed by atoms with E-state index in [9.17, 15) is 19.2 Å². The van der Waals surface area contributed by atoms with Gasteiger partial charge in [-0.25, -0.2) is 0 Å². The van der Waals surface area contributed by atoms with E-state index in [0.717, 1.165) is 6.07 Å². The molecule has 0 atom stereocenters. The van der Waals surface area contributed by atoms with Crippen LogP contribution in [0.2, 0.25) is 0 Å². The van der Waals surface area contributed by atoms with Gasteiger partial charge in [0.15, 0.2) is 11.5 Å².